The Morgan fingerprint density at radius 1 is 0.923 bits per heavy atom. The Hall–Kier alpha value is -4.24. The number of carbonyl (C=O) groups is 3. The average molecular weight is 532 g/mol. The molecule has 0 aliphatic carbocycles. The van der Waals surface area contributed by atoms with Crippen molar-refractivity contribution in [3.05, 3.63) is 107 Å². The predicted molar refractivity (Wildman–Crippen MR) is 146 cm³/mol. The van der Waals surface area contributed by atoms with Crippen LogP contribution in [0.25, 0.3) is 0 Å². The van der Waals surface area contributed by atoms with E-state index in [1.54, 1.807) is 29.1 Å². The van der Waals surface area contributed by atoms with Crippen molar-refractivity contribution in [2.75, 3.05) is 26.7 Å². The number of nitrogens with zero attached hydrogens (tertiary/aromatic N) is 4. The lowest BCUT2D eigenvalue weighted by atomic mass is 10.0. The number of benzene rings is 3. The third-order valence-electron chi connectivity index (χ3n) is 6.94. The number of halogens is 1. The van der Waals surface area contributed by atoms with E-state index in [0.717, 1.165) is 11.1 Å². The van der Waals surface area contributed by atoms with E-state index in [1.165, 1.54) is 27.6 Å². The van der Waals surface area contributed by atoms with Gasteiger partial charge in [0.25, 0.3) is 0 Å². The Balaban J connectivity index is 0.000000438. The van der Waals surface area contributed by atoms with E-state index in [1.807, 2.05) is 55.5 Å². The van der Waals surface area contributed by atoms with Crippen LogP contribution in [-0.4, -0.2) is 70.5 Å². The molecule has 2 heterocycles. The Morgan fingerprint density at radius 2 is 1.54 bits per heavy atom. The van der Waals surface area contributed by atoms with Gasteiger partial charge >= 0.3 is 6.03 Å². The van der Waals surface area contributed by atoms with Crippen molar-refractivity contribution >= 4 is 17.8 Å². The van der Waals surface area contributed by atoms with Crippen molar-refractivity contribution in [3.63, 3.8) is 0 Å². The van der Waals surface area contributed by atoms with E-state index in [0.29, 0.717) is 0 Å². The molecular weight excluding hydrogens is 497 g/mol. The molecule has 3 aromatic rings. The molecule has 204 valence electrons. The average Bonchev–Trinajstić information content (AvgIpc) is 2.94. The molecule has 9 heteroatoms. The van der Waals surface area contributed by atoms with Crippen LogP contribution in [0.5, 0.6) is 0 Å². The summed E-state index contributed by atoms with van der Waals surface area (Å²) in [5, 5.41) is 5.90. The van der Waals surface area contributed by atoms with Gasteiger partial charge in [-0.15, -0.1) is 0 Å². The fourth-order valence-corrected chi connectivity index (χ4v) is 4.74. The topological polar surface area (TPSA) is 76.2 Å². The molecule has 2 fully saturated rings. The molecule has 39 heavy (non-hydrogen) atoms. The standard InChI is InChI=1S/C23H26FN5O3.C7H8/c1-16(18-6-4-3-5-7-18)27-13-20-28(15-22(27)31)21(30)14-26(2)29(20)23(32)25-12-17-8-10-19(24)11-9-17;1-7-5-3-2-4-6-7/h3-11,16,20H,12-15H2,1-2H3,(H,25,32);2-6H,1H3. The van der Waals surface area contributed by atoms with E-state index in [2.05, 4.69) is 24.4 Å². The van der Waals surface area contributed by atoms with Crippen LogP contribution < -0.4 is 5.32 Å². The van der Waals surface area contributed by atoms with Crippen LogP contribution in [-0.2, 0) is 16.1 Å². The number of aryl methyl sites for hydroxylation is 1. The Morgan fingerprint density at radius 3 is 2.13 bits per heavy atom. The van der Waals surface area contributed by atoms with Gasteiger partial charge in [0.15, 0.2) is 0 Å². The Bertz CT molecular complexity index is 1270. The Labute approximate surface area is 228 Å². The zero-order valence-corrected chi connectivity index (χ0v) is 22.5. The lowest BCUT2D eigenvalue weighted by molar-refractivity contribution is -0.180. The summed E-state index contributed by atoms with van der Waals surface area (Å²) in [6.07, 6.45) is -0.613. The number of rotatable bonds is 4. The lowest BCUT2D eigenvalue weighted by Crippen LogP contribution is -2.73. The van der Waals surface area contributed by atoms with Gasteiger partial charge in [0.1, 0.15) is 18.5 Å². The number of amides is 4. The number of carbonyl (C=O) groups excluding carboxylic acids is 3. The molecule has 5 rings (SSSR count). The summed E-state index contributed by atoms with van der Waals surface area (Å²) in [6, 6.07) is 25.2. The molecule has 8 nitrogen and oxygen atoms in total. The highest BCUT2D eigenvalue weighted by Crippen LogP contribution is 2.28. The summed E-state index contributed by atoms with van der Waals surface area (Å²) >= 11 is 0. The summed E-state index contributed by atoms with van der Waals surface area (Å²) in [7, 11) is 1.67. The number of likely N-dealkylation sites (N-methyl/N-ethyl adjacent to an activating group) is 1. The molecule has 2 aliphatic rings. The number of hydrogen-bond donors (Lipinski definition) is 1. The Kier molecular flexibility index (Phi) is 8.93. The van der Waals surface area contributed by atoms with E-state index in [9.17, 15) is 18.8 Å². The molecule has 0 spiro atoms. The first kappa shape index (κ1) is 27.8. The second-order valence-electron chi connectivity index (χ2n) is 9.74. The third-order valence-corrected chi connectivity index (χ3v) is 6.94. The number of piperazine rings is 1. The maximum atomic E-state index is 13.1. The number of nitrogens with one attached hydrogen (secondary N) is 1. The summed E-state index contributed by atoms with van der Waals surface area (Å²) in [4.78, 5) is 41.8. The van der Waals surface area contributed by atoms with Gasteiger partial charge < -0.3 is 15.1 Å². The van der Waals surface area contributed by atoms with Crippen LogP contribution in [0.2, 0.25) is 0 Å². The monoisotopic (exact) mass is 531 g/mol. The van der Waals surface area contributed by atoms with E-state index in [-0.39, 0.29) is 55.9 Å². The van der Waals surface area contributed by atoms with Gasteiger partial charge in [-0.3, -0.25) is 9.59 Å². The van der Waals surface area contributed by atoms with Crippen molar-refractivity contribution in [3.8, 4) is 0 Å². The maximum absolute atomic E-state index is 13.1. The molecule has 2 aliphatic heterocycles. The first-order valence-electron chi connectivity index (χ1n) is 12.9. The number of urea groups is 1. The van der Waals surface area contributed by atoms with Gasteiger partial charge in [-0.05, 0) is 37.1 Å². The smallest absolute Gasteiger partial charge is 0.333 e. The minimum atomic E-state index is -0.613. The first-order valence-corrected chi connectivity index (χ1v) is 12.9. The maximum Gasteiger partial charge on any atom is 0.334 e. The van der Waals surface area contributed by atoms with Crippen LogP contribution in [0.15, 0.2) is 84.9 Å². The van der Waals surface area contributed by atoms with Crippen LogP contribution in [0.3, 0.4) is 0 Å². The molecular formula is C30H34FN5O3. The quantitative estimate of drug-likeness (QED) is 0.553. The molecule has 2 saturated heterocycles. The van der Waals surface area contributed by atoms with E-state index >= 15 is 0 Å². The van der Waals surface area contributed by atoms with Gasteiger partial charge in [0.2, 0.25) is 11.8 Å². The van der Waals surface area contributed by atoms with Gasteiger partial charge in [-0.2, -0.15) is 0 Å². The second-order valence-corrected chi connectivity index (χ2v) is 9.74. The zero-order valence-electron chi connectivity index (χ0n) is 22.5. The third kappa shape index (κ3) is 6.80. The van der Waals surface area contributed by atoms with Crippen LogP contribution in [0.1, 0.15) is 29.7 Å². The molecule has 0 saturated carbocycles. The zero-order chi connectivity index (χ0) is 27.9. The molecule has 2 unspecified atom stereocenters. The summed E-state index contributed by atoms with van der Waals surface area (Å²) < 4.78 is 13.1. The van der Waals surface area contributed by atoms with Gasteiger partial charge in [-0.1, -0.05) is 78.4 Å². The summed E-state index contributed by atoms with van der Waals surface area (Å²) in [6.45, 7) is 4.37. The molecule has 2 atom stereocenters. The lowest BCUT2D eigenvalue weighted by Gasteiger charge is -2.52. The highest BCUT2D eigenvalue weighted by Gasteiger charge is 2.46. The van der Waals surface area contributed by atoms with Crippen molar-refractivity contribution in [2.24, 2.45) is 0 Å². The highest BCUT2D eigenvalue weighted by atomic mass is 19.1. The highest BCUT2D eigenvalue weighted by molar-refractivity contribution is 5.89. The van der Waals surface area contributed by atoms with Gasteiger partial charge in [-0.25, -0.2) is 19.2 Å². The van der Waals surface area contributed by atoms with E-state index < -0.39 is 6.17 Å². The van der Waals surface area contributed by atoms with Crippen LogP contribution >= 0.6 is 0 Å². The van der Waals surface area contributed by atoms with Crippen molar-refractivity contribution < 1.29 is 18.8 Å². The predicted octanol–water partition coefficient (Wildman–Crippen LogP) is 3.95. The number of hydrazine groups is 1. The molecule has 0 aromatic heterocycles. The minimum absolute atomic E-state index is 0.00197. The van der Waals surface area contributed by atoms with Crippen molar-refractivity contribution in [1.29, 1.82) is 0 Å². The minimum Gasteiger partial charge on any atom is -0.333 e. The number of hydrogen-bond acceptors (Lipinski definition) is 4. The largest absolute Gasteiger partial charge is 0.334 e. The fraction of sp³-hybridized carbons (Fsp3) is 0.300. The normalized spacial score (nSPS) is 18.2. The molecule has 1 N–H and O–H groups in total. The van der Waals surface area contributed by atoms with Crippen LogP contribution in [0, 0.1) is 12.7 Å². The molecule has 4 amide bonds. The molecule has 3 aromatic carbocycles. The second kappa shape index (κ2) is 12.5. The van der Waals surface area contributed by atoms with Gasteiger partial charge in [0, 0.05) is 13.6 Å². The van der Waals surface area contributed by atoms with Gasteiger partial charge in [0.05, 0.1) is 19.1 Å². The summed E-state index contributed by atoms with van der Waals surface area (Å²) in [5.41, 5.74) is 3.06. The fourth-order valence-electron chi connectivity index (χ4n) is 4.74. The summed E-state index contributed by atoms with van der Waals surface area (Å²) in [5.74, 6) is -0.688. The molecule has 0 bridgehead atoms. The van der Waals surface area contributed by atoms with Crippen LogP contribution in [0.4, 0.5) is 9.18 Å². The van der Waals surface area contributed by atoms with Crippen molar-refractivity contribution in [2.45, 2.75) is 32.6 Å². The van der Waals surface area contributed by atoms with E-state index in [4.69, 9.17) is 0 Å². The number of fused-ring (bicyclic) bond motifs is 1. The molecule has 0 radical (unpaired) electrons. The SMILES string of the molecule is CC(c1ccccc1)N1CC2N(CC1=O)C(=O)CN(C)N2C(=O)NCc1ccc(F)cc1.Cc1ccccc1. The first-order chi connectivity index (χ1) is 18.7. The van der Waals surface area contributed by atoms with Crippen molar-refractivity contribution in [1.82, 2.24) is 25.1 Å².